The molecular weight excluding hydrogens is 477 g/mol. The average Bonchev–Trinajstić information content (AvgIpc) is 3.37. The van der Waals surface area contributed by atoms with Gasteiger partial charge in [-0.2, -0.15) is 0 Å². The number of allylic oxidation sites excluding steroid dienone is 2. The van der Waals surface area contributed by atoms with Gasteiger partial charge in [0.2, 0.25) is 0 Å². The van der Waals surface area contributed by atoms with Crippen LogP contribution in [0, 0.1) is 13.8 Å². The molecule has 2 radical (unpaired) electrons. The van der Waals surface area contributed by atoms with E-state index in [4.69, 9.17) is 12.8 Å². The van der Waals surface area contributed by atoms with Crippen molar-refractivity contribution in [3.63, 3.8) is 0 Å². The monoisotopic (exact) mass is 517 g/mol. The first-order valence-corrected chi connectivity index (χ1v) is 14.1. The molecule has 0 aliphatic carbocycles. The van der Waals surface area contributed by atoms with E-state index in [-0.39, 0.29) is 0 Å². The lowest BCUT2D eigenvalue weighted by Gasteiger charge is -2.16. The fourth-order valence-electron chi connectivity index (χ4n) is 4.95. The standard InChI is InChI=1S/C33H40BN5/c1-5-7-12-26-13-14-27(21-24(26)3)31-23-37-33-32(36-19-20-39(31)33)38-28-15-16-29(25(4)22-28)30(11-6-2)35-18-10-8-9-17-34/h5,11,13-16,19-23,35H,1,6-10,12,17-18H2,2-4H3,(H,36,38). The van der Waals surface area contributed by atoms with Crippen molar-refractivity contribution in [3.8, 4) is 11.3 Å². The second-order valence-corrected chi connectivity index (χ2v) is 10.0. The Morgan fingerprint density at radius 1 is 1.05 bits per heavy atom. The van der Waals surface area contributed by atoms with Crippen molar-refractivity contribution < 1.29 is 0 Å². The van der Waals surface area contributed by atoms with E-state index < -0.39 is 0 Å². The van der Waals surface area contributed by atoms with Crippen molar-refractivity contribution >= 4 is 30.7 Å². The second-order valence-electron chi connectivity index (χ2n) is 10.0. The Morgan fingerprint density at radius 3 is 2.67 bits per heavy atom. The third-order valence-electron chi connectivity index (χ3n) is 7.07. The molecule has 0 fully saturated rings. The Hall–Kier alpha value is -3.80. The molecule has 0 atom stereocenters. The molecule has 200 valence electrons. The van der Waals surface area contributed by atoms with E-state index in [1.807, 2.05) is 24.7 Å². The number of unbranched alkanes of at least 4 members (excludes halogenated alkanes) is 2. The molecule has 0 aliphatic rings. The van der Waals surface area contributed by atoms with Gasteiger partial charge in [-0.15, -0.1) is 6.58 Å². The highest BCUT2D eigenvalue weighted by molar-refractivity contribution is 6.08. The number of nitrogens with one attached hydrogen (secondary N) is 2. The quantitative estimate of drug-likeness (QED) is 0.101. The summed E-state index contributed by atoms with van der Waals surface area (Å²) in [6.07, 6.45) is 17.1. The maximum atomic E-state index is 5.63. The highest BCUT2D eigenvalue weighted by Crippen LogP contribution is 2.28. The normalized spacial score (nSPS) is 11.6. The zero-order valence-corrected chi connectivity index (χ0v) is 23.6. The van der Waals surface area contributed by atoms with Crippen molar-refractivity contribution in [2.24, 2.45) is 0 Å². The van der Waals surface area contributed by atoms with Crippen LogP contribution in [0.25, 0.3) is 22.6 Å². The van der Waals surface area contributed by atoms with Crippen LogP contribution in [-0.4, -0.2) is 28.8 Å². The summed E-state index contributed by atoms with van der Waals surface area (Å²) in [7, 11) is 5.63. The Labute approximate surface area is 234 Å². The van der Waals surface area contributed by atoms with Crippen molar-refractivity contribution in [2.45, 2.75) is 65.6 Å². The Morgan fingerprint density at radius 2 is 1.92 bits per heavy atom. The smallest absolute Gasteiger partial charge is 0.180 e. The molecule has 5 nitrogen and oxygen atoms in total. The van der Waals surface area contributed by atoms with Crippen LogP contribution in [0.3, 0.4) is 0 Å². The van der Waals surface area contributed by atoms with Crippen LogP contribution < -0.4 is 10.6 Å². The first kappa shape index (κ1) is 28.2. The molecule has 0 aliphatic heterocycles. The van der Waals surface area contributed by atoms with Crippen molar-refractivity contribution in [1.29, 1.82) is 0 Å². The van der Waals surface area contributed by atoms with Gasteiger partial charge in [0.1, 0.15) is 0 Å². The number of aromatic nitrogens is 3. The number of benzene rings is 2. The topological polar surface area (TPSA) is 54.2 Å². The number of fused-ring (bicyclic) bond motifs is 1. The predicted molar refractivity (Wildman–Crippen MR) is 167 cm³/mol. The summed E-state index contributed by atoms with van der Waals surface area (Å²) in [4.78, 5) is 9.36. The maximum absolute atomic E-state index is 5.63. The lowest BCUT2D eigenvalue weighted by Crippen LogP contribution is -2.14. The first-order chi connectivity index (χ1) is 19.0. The van der Waals surface area contributed by atoms with E-state index in [2.05, 4.69) is 89.8 Å². The van der Waals surface area contributed by atoms with Gasteiger partial charge in [0, 0.05) is 41.4 Å². The molecule has 4 rings (SSSR count). The van der Waals surface area contributed by atoms with Gasteiger partial charge in [0.05, 0.1) is 19.7 Å². The van der Waals surface area contributed by atoms with Crippen LogP contribution in [0.5, 0.6) is 0 Å². The van der Waals surface area contributed by atoms with E-state index in [9.17, 15) is 0 Å². The van der Waals surface area contributed by atoms with Gasteiger partial charge in [0.25, 0.3) is 0 Å². The lowest BCUT2D eigenvalue weighted by atomic mass is 9.99. The van der Waals surface area contributed by atoms with Gasteiger partial charge in [-0.1, -0.05) is 56.4 Å². The van der Waals surface area contributed by atoms with Crippen molar-refractivity contribution in [1.82, 2.24) is 19.7 Å². The molecule has 2 heterocycles. The summed E-state index contributed by atoms with van der Waals surface area (Å²) >= 11 is 0. The maximum Gasteiger partial charge on any atom is 0.180 e. The number of imidazole rings is 1. The SMILES string of the molecule is [B]CCCCCNC(=CCC)c1ccc(Nc2nccn3c(-c4ccc(CCC=C)c(C)c4)cnc23)cc1C. The van der Waals surface area contributed by atoms with Gasteiger partial charge >= 0.3 is 0 Å². The minimum atomic E-state index is 0.734. The Balaban J connectivity index is 1.54. The molecule has 0 spiro atoms. The van der Waals surface area contributed by atoms with Gasteiger partial charge in [-0.05, 0) is 74.4 Å². The molecule has 39 heavy (non-hydrogen) atoms. The van der Waals surface area contributed by atoms with Crippen LogP contribution in [0.4, 0.5) is 11.5 Å². The summed E-state index contributed by atoms with van der Waals surface area (Å²) < 4.78 is 2.10. The van der Waals surface area contributed by atoms with E-state index in [1.165, 1.54) is 28.0 Å². The number of anilines is 2. The zero-order valence-electron chi connectivity index (χ0n) is 23.6. The molecule has 0 amide bonds. The fraction of sp³-hybridized carbons (Fsp3) is 0.333. The van der Waals surface area contributed by atoms with E-state index in [1.54, 1.807) is 0 Å². The molecule has 2 aromatic heterocycles. The summed E-state index contributed by atoms with van der Waals surface area (Å²) in [5.74, 6) is 0.734. The molecule has 6 heteroatoms. The average molecular weight is 518 g/mol. The van der Waals surface area contributed by atoms with Crippen molar-refractivity contribution in [2.75, 3.05) is 11.9 Å². The zero-order chi connectivity index (χ0) is 27.6. The second kappa shape index (κ2) is 13.8. The summed E-state index contributed by atoms with van der Waals surface area (Å²) in [6, 6.07) is 13.1. The molecule has 0 bridgehead atoms. The third-order valence-corrected chi connectivity index (χ3v) is 7.07. The van der Waals surface area contributed by atoms with Crippen LogP contribution in [0.2, 0.25) is 6.32 Å². The molecule has 2 N–H and O–H groups in total. The number of nitrogens with zero attached hydrogens (tertiary/aromatic N) is 3. The van der Waals surface area contributed by atoms with Crippen molar-refractivity contribution in [3.05, 3.63) is 96.0 Å². The highest BCUT2D eigenvalue weighted by atomic mass is 15.1. The van der Waals surface area contributed by atoms with E-state index >= 15 is 0 Å². The minimum Gasteiger partial charge on any atom is -0.385 e. The van der Waals surface area contributed by atoms with Crippen LogP contribution in [0.1, 0.15) is 61.3 Å². The minimum absolute atomic E-state index is 0.734. The number of aryl methyl sites for hydroxylation is 3. The van der Waals surface area contributed by atoms with Crippen LogP contribution >= 0.6 is 0 Å². The molecule has 0 unspecified atom stereocenters. The summed E-state index contributed by atoms with van der Waals surface area (Å²) in [5.41, 5.74) is 10.2. The number of rotatable bonds is 14. The molecular formula is C33H40BN5. The fourth-order valence-corrected chi connectivity index (χ4v) is 4.95. The molecule has 0 saturated carbocycles. The highest BCUT2D eigenvalue weighted by Gasteiger charge is 2.13. The largest absolute Gasteiger partial charge is 0.385 e. The summed E-state index contributed by atoms with van der Waals surface area (Å²) in [5, 5.41) is 7.14. The molecule has 0 saturated heterocycles. The predicted octanol–water partition coefficient (Wildman–Crippen LogP) is 7.97. The van der Waals surface area contributed by atoms with Gasteiger partial charge < -0.3 is 10.6 Å². The number of hydrogen-bond acceptors (Lipinski definition) is 4. The van der Waals surface area contributed by atoms with Crippen LogP contribution in [-0.2, 0) is 6.42 Å². The Bertz CT molecular complexity index is 1440. The molecule has 2 aromatic carbocycles. The molecule has 4 aromatic rings. The lowest BCUT2D eigenvalue weighted by molar-refractivity contribution is 0.688. The van der Waals surface area contributed by atoms with Gasteiger partial charge in [-0.3, -0.25) is 4.40 Å². The van der Waals surface area contributed by atoms with Gasteiger partial charge in [0.15, 0.2) is 11.5 Å². The van der Waals surface area contributed by atoms with E-state index in [0.29, 0.717) is 0 Å². The van der Waals surface area contributed by atoms with E-state index in [0.717, 1.165) is 79.8 Å². The first-order valence-electron chi connectivity index (χ1n) is 14.1. The Kier molecular flexibility index (Phi) is 10.0. The van der Waals surface area contributed by atoms with Gasteiger partial charge in [-0.25, -0.2) is 9.97 Å². The third kappa shape index (κ3) is 7.00. The number of hydrogen-bond donors (Lipinski definition) is 2. The summed E-state index contributed by atoms with van der Waals surface area (Å²) in [6.45, 7) is 11.3. The van der Waals surface area contributed by atoms with Crippen LogP contribution in [0.15, 0.2) is 73.7 Å².